The predicted molar refractivity (Wildman–Crippen MR) is 85.5 cm³/mol. The molecular formula is C14H12Br2N2O2. The molecular weight excluding hydrogens is 388 g/mol. The zero-order valence-corrected chi connectivity index (χ0v) is 13.6. The van der Waals surface area contributed by atoms with Gasteiger partial charge in [0.1, 0.15) is 0 Å². The van der Waals surface area contributed by atoms with Gasteiger partial charge in [0.2, 0.25) is 0 Å². The van der Waals surface area contributed by atoms with Gasteiger partial charge in [-0.15, -0.1) is 0 Å². The second kappa shape index (κ2) is 6.97. The molecule has 0 aliphatic rings. The monoisotopic (exact) mass is 398 g/mol. The minimum Gasteiger partial charge on any atom is -0.309 e. The first-order chi connectivity index (χ1) is 9.58. The first-order valence-corrected chi connectivity index (χ1v) is 7.53. The van der Waals surface area contributed by atoms with Crippen molar-refractivity contribution in [2.45, 2.75) is 13.1 Å². The van der Waals surface area contributed by atoms with Gasteiger partial charge in [0.15, 0.2) is 0 Å². The minimum atomic E-state index is -0.387. The van der Waals surface area contributed by atoms with Crippen LogP contribution in [0.2, 0.25) is 0 Å². The lowest BCUT2D eigenvalue weighted by molar-refractivity contribution is -0.385. The fourth-order valence-electron chi connectivity index (χ4n) is 1.83. The fourth-order valence-corrected chi connectivity index (χ4v) is 2.83. The van der Waals surface area contributed by atoms with E-state index in [-0.39, 0.29) is 10.6 Å². The quantitative estimate of drug-likeness (QED) is 0.598. The van der Waals surface area contributed by atoms with Gasteiger partial charge in [-0.25, -0.2) is 0 Å². The topological polar surface area (TPSA) is 55.2 Å². The zero-order chi connectivity index (χ0) is 14.5. The molecule has 6 heteroatoms. The molecule has 104 valence electrons. The maximum absolute atomic E-state index is 10.9. The molecule has 0 aliphatic heterocycles. The predicted octanol–water partition coefficient (Wildman–Crippen LogP) is 4.41. The van der Waals surface area contributed by atoms with Crippen LogP contribution in [0.25, 0.3) is 0 Å². The SMILES string of the molecule is O=[N+]([O-])c1cccc(CNCc2cccc(Br)c2)c1Br. The summed E-state index contributed by atoms with van der Waals surface area (Å²) in [6.07, 6.45) is 0. The Balaban J connectivity index is 2.01. The number of hydrogen-bond donors (Lipinski definition) is 1. The summed E-state index contributed by atoms with van der Waals surface area (Å²) in [4.78, 5) is 10.5. The van der Waals surface area contributed by atoms with Crippen LogP contribution in [-0.4, -0.2) is 4.92 Å². The van der Waals surface area contributed by atoms with Crippen LogP contribution < -0.4 is 5.32 Å². The summed E-state index contributed by atoms with van der Waals surface area (Å²) in [6.45, 7) is 1.27. The summed E-state index contributed by atoms with van der Waals surface area (Å²) in [7, 11) is 0. The van der Waals surface area contributed by atoms with E-state index in [0.29, 0.717) is 17.6 Å². The highest BCUT2D eigenvalue weighted by Crippen LogP contribution is 2.28. The molecule has 2 aromatic rings. The molecule has 0 aromatic heterocycles. The molecule has 1 N–H and O–H groups in total. The Morgan fingerprint density at radius 1 is 1.10 bits per heavy atom. The first kappa shape index (κ1) is 15.2. The summed E-state index contributed by atoms with van der Waals surface area (Å²) >= 11 is 6.72. The van der Waals surface area contributed by atoms with E-state index >= 15 is 0 Å². The molecule has 2 aromatic carbocycles. The van der Waals surface area contributed by atoms with E-state index in [0.717, 1.165) is 15.6 Å². The van der Waals surface area contributed by atoms with Crippen LogP contribution >= 0.6 is 31.9 Å². The standard InChI is InChI=1S/C14H12Br2N2O2/c15-12-5-1-3-10(7-12)8-17-9-11-4-2-6-13(14(11)16)18(19)20/h1-7,17H,8-9H2. The molecule has 0 fully saturated rings. The van der Waals surface area contributed by atoms with Crippen LogP contribution in [-0.2, 0) is 13.1 Å². The van der Waals surface area contributed by atoms with Gasteiger partial charge in [-0.1, -0.05) is 40.2 Å². The molecule has 0 unspecified atom stereocenters. The van der Waals surface area contributed by atoms with Crippen molar-refractivity contribution in [3.05, 3.63) is 72.7 Å². The van der Waals surface area contributed by atoms with Gasteiger partial charge < -0.3 is 5.32 Å². The Morgan fingerprint density at radius 2 is 1.85 bits per heavy atom. The van der Waals surface area contributed by atoms with Crippen LogP contribution in [0.1, 0.15) is 11.1 Å². The lowest BCUT2D eigenvalue weighted by atomic mass is 10.2. The van der Waals surface area contributed by atoms with Gasteiger partial charge in [-0.3, -0.25) is 10.1 Å². The summed E-state index contributed by atoms with van der Waals surface area (Å²) in [5.41, 5.74) is 2.11. The van der Waals surface area contributed by atoms with E-state index in [4.69, 9.17) is 0 Å². The number of nitro groups is 1. The average molecular weight is 400 g/mol. The van der Waals surface area contributed by atoms with Crippen LogP contribution in [0.4, 0.5) is 5.69 Å². The lowest BCUT2D eigenvalue weighted by Crippen LogP contribution is -2.13. The molecule has 0 amide bonds. The largest absolute Gasteiger partial charge is 0.309 e. The fraction of sp³-hybridized carbons (Fsp3) is 0.143. The number of hydrogen-bond acceptors (Lipinski definition) is 3. The second-order valence-corrected chi connectivity index (χ2v) is 5.95. The molecule has 20 heavy (non-hydrogen) atoms. The summed E-state index contributed by atoms with van der Waals surface area (Å²) in [6, 6.07) is 13.1. The third kappa shape index (κ3) is 3.88. The molecule has 0 spiro atoms. The Labute approximate surface area is 133 Å². The van der Waals surface area contributed by atoms with E-state index in [1.54, 1.807) is 6.07 Å². The third-order valence-electron chi connectivity index (χ3n) is 2.79. The molecule has 4 nitrogen and oxygen atoms in total. The maximum Gasteiger partial charge on any atom is 0.283 e. The molecule has 0 heterocycles. The van der Waals surface area contributed by atoms with Crippen molar-refractivity contribution in [1.29, 1.82) is 0 Å². The molecule has 0 bridgehead atoms. The highest BCUT2D eigenvalue weighted by Gasteiger charge is 2.14. The van der Waals surface area contributed by atoms with Crippen molar-refractivity contribution in [3.8, 4) is 0 Å². The van der Waals surface area contributed by atoms with Crippen molar-refractivity contribution in [3.63, 3.8) is 0 Å². The molecule has 0 aliphatic carbocycles. The van der Waals surface area contributed by atoms with E-state index in [2.05, 4.69) is 37.2 Å². The first-order valence-electron chi connectivity index (χ1n) is 5.95. The normalized spacial score (nSPS) is 10.5. The Kier molecular flexibility index (Phi) is 5.28. The van der Waals surface area contributed by atoms with Crippen LogP contribution in [0, 0.1) is 10.1 Å². The van der Waals surface area contributed by atoms with Crippen LogP contribution in [0.5, 0.6) is 0 Å². The minimum absolute atomic E-state index is 0.0896. The summed E-state index contributed by atoms with van der Waals surface area (Å²) in [5.74, 6) is 0. The summed E-state index contributed by atoms with van der Waals surface area (Å²) < 4.78 is 1.57. The number of nitro benzene ring substituents is 1. The Hall–Kier alpha value is -1.24. The van der Waals surface area contributed by atoms with E-state index in [1.165, 1.54) is 6.07 Å². The van der Waals surface area contributed by atoms with Gasteiger partial charge in [0.05, 0.1) is 9.40 Å². The van der Waals surface area contributed by atoms with Crippen molar-refractivity contribution in [2.24, 2.45) is 0 Å². The number of nitrogens with zero attached hydrogens (tertiary/aromatic N) is 1. The lowest BCUT2D eigenvalue weighted by Gasteiger charge is -2.07. The van der Waals surface area contributed by atoms with Gasteiger partial charge in [-0.2, -0.15) is 0 Å². The molecule has 0 radical (unpaired) electrons. The van der Waals surface area contributed by atoms with Crippen LogP contribution in [0.3, 0.4) is 0 Å². The third-order valence-corrected chi connectivity index (χ3v) is 4.20. The highest BCUT2D eigenvalue weighted by molar-refractivity contribution is 9.10. The zero-order valence-electron chi connectivity index (χ0n) is 10.5. The summed E-state index contributed by atoms with van der Waals surface area (Å²) in [5, 5.41) is 14.1. The van der Waals surface area contributed by atoms with Gasteiger partial charge in [0.25, 0.3) is 5.69 Å². The van der Waals surface area contributed by atoms with Gasteiger partial charge in [0, 0.05) is 23.6 Å². The Morgan fingerprint density at radius 3 is 2.55 bits per heavy atom. The second-order valence-electron chi connectivity index (χ2n) is 4.24. The number of halogens is 2. The number of rotatable bonds is 5. The number of nitrogens with one attached hydrogen (secondary N) is 1. The van der Waals surface area contributed by atoms with Crippen molar-refractivity contribution < 1.29 is 4.92 Å². The van der Waals surface area contributed by atoms with Crippen molar-refractivity contribution in [1.82, 2.24) is 5.32 Å². The highest BCUT2D eigenvalue weighted by atomic mass is 79.9. The van der Waals surface area contributed by atoms with Gasteiger partial charge in [-0.05, 0) is 39.2 Å². The molecule has 2 rings (SSSR count). The van der Waals surface area contributed by atoms with Crippen LogP contribution in [0.15, 0.2) is 51.4 Å². The van der Waals surface area contributed by atoms with Crippen molar-refractivity contribution in [2.75, 3.05) is 0 Å². The van der Waals surface area contributed by atoms with E-state index < -0.39 is 0 Å². The smallest absolute Gasteiger partial charge is 0.283 e. The molecule has 0 saturated carbocycles. The van der Waals surface area contributed by atoms with E-state index in [9.17, 15) is 10.1 Å². The molecule has 0 atom stereocenters. The maximum atomic E-state index is 10.9. The Bertz CT molecular complexity index is 632. The van der Waals surface area contributed by atoms with Gasteiger partial charge >= 0.3 is 0 Å². The van der Waals surface area contributed by atoms with E-state index in [1.807, 2.05) is 30.3 Å². The number of benzene rings is 2. The average Bonchev–Trinajstić information content (AvgIpc) is 2.40. The molecule has 0 saturated heterocycles. The van der Waals surface area contributed by atoms with Crippen molar-refractivity contribution >= 4 is 37.5 Å².